The number of carbonyl (C=O) groups is 3. The van der Waals surface area contributed by atoms with Crippen molar-refractivity contribution in [1.29, 1.82) is 0 Å². The average Bonchev–Trinajstić information content (AvgIpc) is 4.11. The zero-order valence-electron chi connectivity index (χ0n) is 29.4. The van der Waals surface area contributed by atoms with Crippen molar-refractivity contribution < 1.29 is 38.8 Å². The van der Waals surface area contributed by atoms with E-state index in [4.69, 9.17) is 14.2 Å². The summed E-state index contributed by atoms with van der Waals surface area (Å²) in [6.07, 6.45) is 8.38. The summed E-state index contributed by atoms with van der Waals surface area (Å²) in [6.45, 7) is -0.156. The van der Waals surface area contributed by atoms with Crippen LogP contribution in [0.4, 0.5) is 0 Å². The molecule has 52 heavy (non-hydrogen) atoms. The number of para-hydroxylation sites is 1. The molecule has 3 fully saturated rings. The predicted octanol–water partition coefficient (Wildman–Crippen LogP) is 4.98. The molecule has 1 heterocycles. The number of nitrogens with one attached hydrogen (secondary N) is 1. The van der Waals surface area contributed by atoms with E-state index in [1.807, 2.05) is 66.7 Å². The number of fused-ring (bicyclic) bond motifs is 1. The molecule has 0 bridgehead atoms. The van der Waals surface area contributed by atoms with Crippen molar-refractivity contribution in [3.8, 4) is 5.75 Å². The number of likely N-dealkylation sites (N-methyl/N-ethyl adjacent to an activating group) is 1. The summed E-state index contributed by atoms with van der Waals surface area (Å²) in [5, 5.41) is 22.3. The summed E-state index contributed by atoms with van der Waals surface area (Å²) in [5.74, 6) is -1.32. The Labute approximate surface area is 304 Å². The molecule has 10 heteroatoms. The van der Waals surface area contributed by atoms with Gasteiger partial charge in [0.1, 0.15) is 30.1 Å². The van der Waals surface area contributed by atoms with E-state index in [0.29, 0.717) is 23.1 Å². The summed E-state index contributed by atoms with van der Waals surface area (Å²) in [7, 11) is 1.60. The lowest BCUT2D eigenvalue weighted by atomic mass is 9.90. The Morgan fingerprint density at radius 3 is 2.37 bits per heavy atom. The van der Waals surface area contributed by atoms with E-state index in [1.54, 1.807) is 37.4 Å². The summed E-state index contributed by atoms with van der Waals surface area (Å²) < 4.78 is 19.9. The van der Waals surface area contributed by atoms with Crippen LogP contribution in [0.2, 0.25) is 0 Å². The van der Waals surface area contributed by atoms with Crippen molar-refractivity contribution in [2.24, 2.45) is 11.8 Å². The van der Waals surface area contributed by atoms with Crippen LogP contribution in [0.1, 0.15) is 59.2 Å². The molecule has 3 aliphatic carbocycles. The molecule has 3 aromatic carbocycles. The smallest absolute Gasteiger partial charge is 0.339 e. The van der Waals surface area contributed by atoms with E-state index in [9.17, 15) is 24.6 Å². The summed E-state index contributed by atoms with van der Waals surface area (Å²) in [5.41, 5.74) is 3.07. The van der Waals surface area contributed by atoms with E-state index in [0.717, 1.165) is 36.8 Å². The minimum absolute atomic E-state index is 0.0671. The second-order valence-corrected chi connectivity index (χ2v) is 14.2. The first-order chi connectivity index (χ1) is 25.3. The number of amides is 2. The van der Waals surface area contributed by atoms with Crippen LogP contribution in [0.25, 0.3) is 6.08 Å². The number of carbonyl (C=O) groups excluding carboxylic acids is 3. The first kappa shape index (κ1) is 35.6. The molecule has 4 aliphatic rings. The number of aromatic hydroxyl groups is 1. The van der Waals surface area contributed by atoms with Gasteiger partial charge in [0.05, 0.1) is 12.2 Å². The van der Waals surface area contributed by atoms with Crippen LogP contribution in [0.3, 0.4) is 0 Å². The molecule has 0 spiro atoms. The van der Waals surface area contributed by atoms with Crippen molar-refractivity contribution >= 4 is 23.9 Å². The van der Waals surface area contributed by atoms with E-state index < -0.39 is 36.1 Å². The molecule has 0 unspecified atom stereocenters. The number of aliphatic hydroxyl groups excluding tert-OH is 1. The van der Waals surface area contributed by atoms with Gasteiger partial charge in [0.25, 0.3) is 0 Å². The number of benzene rings is 3. The van der Waals surface area contributed by atoms with Gasteiger partial charge in [-0.3, -0.25) is 9.59 Å². The quantitative estimate of drug-likeness (QED) is 0.200. The molecular formula is C42H46N2O8. The number of nitrogens with zero attached hydrogens (tertiary/aromatic N) is 1. The molecule has 2 saturated carbocycles. The van der Waals surface area contributed by atoms with E-state index >= 15 is 0 Å². The van der Waals surface area contributed by atoms with Crippen molar-refractivity contribution in [2.75, 3.05) is 20.2 Å². The summed E-state index contributed by atoms with van der Waals surface area (Å²) >= 11 is 0. The van der Waals surface area contributed by atoms with Gasteiger partial charge >= 0.3 is 5.97 Å². The van der Waals surface area contributed by atoms with Gasteiger partial charge in [0, 0.05) is 43.8 Å². The number of allylic oxidation sites excluding steroid dienone is 1. The van der Waals surface area contributed by atoms with E-state index in [-0.39, 0.29) is 55.4 Å². The van der Waals surface area contributed by atoms with Crippen LogP contribution in [0.15, 0.2) is 96.6 Å². The fraction of sp³-hybridized carbons (Fsp3) is 0.405. The van der Waals surface area contributed by atoms with Crippen molar-refractivity contribution in [3.63, 3.8) is 0 Å². The highest BCUT2D eigenvalue weighted by atomic mass is 16.8. The normalized spacial score (nSPS) is 22.7. The number of aliphatic hydroxyl groups is 1. The summed E-state index contributed by atoms with van der Waals surface area (Å²) in [6, 6.07) is 22.9. The minimum atomic E-state index is -0.852. The third-order valence-electron chi connectivity index (χ3n) is 10.5. The Morgan fingerprint density at radius 2 is 1.65 bits per heavy atom. The summed E-state index contributed by atoms with van der Waals surface area (Å²) in [4.78, 5) is 43.1. The van der Waals surface area contributed by atoms with Crippen molar-refractivity contribution in [3.05, 3.63) is 119 Å². The minimum Gasteiger partial charge on any atom is -0.508 e. The number of hydrogen-bond donors (Lipinski definition) is 3. The number of hydrogen-bond acceptors (Lipinski definition) is 8. The number of esters is 1. The molecule has 0 aromatic heterocycles. The maximum Gasteiger partial charge on any atom is 0.339 e. The third kappa shape index (κ3) is 7.70. The highest BCUT2D eigenvalue weighted by Gasteiger charge is 2.64. The maximum absolute atomic E-state index is 14.3. The van der Waals surface area contributed by atoms with Crippen LogP contribution < -0.4 is 5.32 Å². The first-order valence-electron chi connectivity index (χ1n) is 18.3. The van der Waals surface area contributed by atoms with Crippen LogP contribution in [-0.4, -0.2) is 83.2 Å². The number of ether oxygens (including phenoxy) is 3. The van der Waals surface area contributed by atoms with Gasteiger partial charge in [-0.25, -0.2) is 4.79 Å². The van der Waals surface area contributed by atoms with Crippen LogP contribution >= 0.6 is 0 Å². The Bertz CT molecular complexity index is 1820. The molecular weight excluding hydrogens is 660 g/mol. The SMILES string of the molecule is CN(C(=O)C1=C[C@H]2OC(C3CC3)(C3CC3)O[C@H]2[C@H](OC(=O)c2ccccc2C=CCc2ccccc2O)C1)[C@H](Cc1ccccc1)C(=O)NCCO. The molecule has 7 rings (SSSR count). The molecule has 2 amide bonds. The average molecular weight is 707 g/mol. The fourth-order valence-electron chi connectivity index (χ4n) is 7.49. The zero-order valence-corrected chi connectivity index (χ0v) is 29.4. The van der Waals surface area contributed by atoms with E-state index in [2.05, 4.69) is 5.32 Å². The second-order valence-electron chi connectivity index (χ2n) is 14.2. The lowest BCUT2D eigenvalue weighted by Gasteiger charge is -2.33. The monoisotopic (exact) mass is 706 g/mol. The highest BCUT2D eigenvalue weighted by Crippen LogP contribution is 2.59. The van der Waals surface area contributed by atoms with Crippen molar-refractivity contribution in [2.45, 2.75) is 75.1 Å². The second kappa shape index (κ2) is 15.5. The van der Waals surface area contributed by atoms with Gasteiger partial charge in [-0.05, 0) is 67.0 Å². The lowest BCUT2D eigenvalue weighted by molar-refractivity contribution is -0.209. The molecule has 3 N–H and O–H groups in total. The molecule has 4 atom stereocenters. The lowest BCUT2D eigenvalue weighted by Crippen LogP contribution is -2.51. The number of rotatable bonds is 14. The molecule has 3 aromatic rings. The zero-order chi connectivity index (χ0) is 36.2. The third-order valence-corrected chi connectivity index (χ3v) is 10.5. The van der Waals surface area contributed by atoms with Crippen LogP contribution in [0, 0.1) is 11.8 Å². The molecule has 0 radical (unpaired) electrons. The van der Waals surface area contributed by atoms with Gasteiger partial charge in [-0.1, -0.05) is 78.9 Å². The van der Waals surface area contributed by atoms with Gasteiger partial charge in [-0.15, -0.1) is 0 Å². The Balaban J connectivity index is 1.14. The van der Waals surface area contributed by atoms with Crippen molar-refractivity contribution in [1.82, 2.24) is 10.2 Å². The largest absolute Gasteiger partial charge is 0.508 e. The Hall–Kier alpha value is -4.77. The van der Waals surface area contributed by atoms with E-state index in [1.165, 1.54) is 4.90 Å². The first-order valence-corrected chi connectivity index (χ1v) is 18.3. The molecule has 1 saturated heterocycles. The van der Waals surface area contributed by atoms with Crippen LogP contribution in [0.5, 0.6) is 5.75 Å². The molecule has 272 valence electrons. The molecule has 1 aliphatic heterocycles. The van der Waals surface area contributed by atoms with Gasteiger partial charge in [0.2, 0.25) is 11.8 Å². The van der Waals surface area contributed by atoms with Gasteiger partial charge < -0.3 is 34.6 Å². The fourth-order valence-corrected chi connectivity index (χ4v) is 7.49. The standard InChI is InChI=1S/C42H46N2O8/c1-44(34(39(47)43-22-23-45)24-27-10-3-2-4-11-27)40(48)30-25-36(38-37(26-30)51-42(52-38,31-18-19-31)32-20-21-32)50-41(49)33-16-7-5-12-28(33)14-9-15-29-13-6-8-17-35(29)46/h2-14,16-17,26,31-32,34,36-38,45-46H,15,18-25H2,1H3,(H,43,47)/t34-,36-,37-,38+/m1/s1. The molecule has 10 nitrogen and oxygen atoms in total. The highest BCUT2D eigenvalue weighted by molar-refractivity contribution is 5.98. The number of phenols is 1. The van der Waals surface area contributed by atoms with Gasteiger partial charge in [0.15, 0.2) is 5.79 Å². The Kier molecular flexibility index (Phi) is 10.6. The topological polar surface area (TPSA) is 135 Å². The maximum atomic E-state index is 14.3. The number of phenolic OH excluding ortho intramolecular Hbond substituents is 1. The predicted molar refractivity (Wildman–Crippen MR) is 194 cm³/mol. The van der Waals surface area contributed by atoms with Gasteiger partial charge in [-0.2, -0.15) is 0 Å². The Morgan fingerprint density at radius 1 is 0.962 bits per heavy atom. The van der Waals surface area contributed by atoms with Crippen LogP contribution in [-0.2, 0) is 36.6 Å².